The first kappa shape index (κ1) is 17.8. The Morgan fingerprint density at radius 3 is 2.78 bits per heavy atom. The number of carbonyl (C=O) groups is 1. The molecule has 0 aliphatic carbocycles. The van der Waals surface area contributed by atoms with Gasteiger partial charge in [-0.2, -0.15) is 5.10 Å². The average Bonchev–Trinajstić information content (AvgIpc) is 3.32. The minimum absolute atomic E-state index is 0.237. The highest BCUT2D eigenvalue weighted by atomic mass is 79.9. The van der Waals surface area contributed by atoms with Crippen molar-refractivity contribution < 1.29 is 9.21 Å². The van der Waals surface area contributed by atoms with Gasteiger partial charge in [0.05, 0.1) is 6.21 Å². The Bertz CT molecular complexity index is 1020. The Kier molecular flexibility index (Phi) is 4.99. The van der Waals surface area contributed by atoms with E-state index in [4.69, 9.17) is 4.42 Å². The van der Waals surface area contributed by atoms with Gasteiger partial charge in [0.25, 0.3) is 0 Å². The lowest BCUT2D eigenvalue weighted by molar-refractivity contribution is 0.0929. The molecule has 2 aromatic carbocycles. The highest BCUT2D eigenvalue weighted by molar-refractivity contribution is 9.10. The van der Waals surface area contributed by atoms with Gasteiger partial charge in [0.15, 0.2) is 5.76 Å². The molecule has 5 nitrogen and oxygen atoms in total. The molecule has 1 amide bonds. The van der Waals surface area contributed by atoms with Gasteiger partial charge in [-0.05, 0) is 67.3 Å². The summed E-state index contributed by atoms with van der Waals surface area (Å²) in [7, 11) is 0. The zero-order valence-corrected chi connectivity index (χ0v) is 16.6. The number of halogens is 1. The van der Waals surface area contributed by atoms with Crippen LogP contribution in [0.4, 0.5) is 5.69 Å². The van der Waals surface area contributed by atoms with Crippen LogP contribution in [0.1, 0.15) is 34.5 Å². The van der Waals surface area contributed by atoms with Crippen LogP contribution in [0.15, 0.2) is 56.5 Å². The van der Waals surface area contributed by atoms with Gasteiger partial charge >= 0.3 is 5.91 Å². The highest BCUT2D eigenvalue weighted by Crippen LogP contribution is 2.24. The summed E-state index contributed by atoms with van der Waals surface area (Å²) in [4.78, 5) is 14.7. The molecule has 1 N–H and O–H groups in total. The Hall–Kier alpha value is -2.60. The number of furan rings is 1. The van der Waals surface area contributed by atoms with Gasteiger partial charge in [-0.3, -0.25) is 4.79 Å². The molecule has 1 fully saturated rings. The molecular formula is C21H20BrN3O2. The maximum Gasteiger partial charge on any atom is 0.307 e. The lowest BCUT2D eigenvalue weighted by atomic mass is 10.1. The summed E-state index contributed by atoms with van der Waals surface area (Å²) in [5.41, 5.74) is 6.56. The van der Waals surface area contributed by atoms with Gasteiger partial charge in [-0.25, -0.2) is 5.43 Å². The van der Waals surface area contributed by atoms with E-state index >= 15 is 0 Å². The summed E-state index contributed by atoms with van der Waals surface area (Å²) in [5.74, 6) is -0.133. The number of aryl methyl sites for hydroxylation is 1. The molecule has 0 atom stereocenters. The molecule has 27 heavy (non-hydrogen) atoms. The number of amides is 1. The van der Waals surface area contributed by atoms with Crippen molar-refractivity contribution in [3.05, 3.63) is 63.8 Å². The molecule has 0 radical (unpaired) electrons. The fourth-order valence-corrected chi connectivity index (χ4v) is 3.70. The topological polar surface area (TPSA) is 57.8 Å². The zero-order chi connectivity index (χ0) is 18.8. The van der Waals surface area contributed by atoms with Crippen LogP contribution >= 0.6 is 15.9 Å². The number of hydrazone groups is 1. The van der Waals surface area contributed by atoms with E-state index in [1.54, 1.807) is 12.3 Å². The van der Waals surface area contributed by atoms with Gasteiger partial charge in [0.2, 0.25) is 0 Å². The van der Waals surface area contributed by atoms with Gasteiger partial charge < -0.3 is 9.32 Å². The third-order valence-corrected chi connectivity index (χ3v) is 5.29. The second kappa shape index (κ2) is 7.56. The van der Waals surface area contributed by atoms with Crippen LogP contribution in [-0.4, -0.2) is 25.2 Å². The number of carbonyl (C=O) groups excluding carboxylic acids is 1. The maximum atomic E-state index is 12.3. The zero-order valence-electron chi connectivity index (χ0n) is 15.0. The van der Waals surface area contributed by atoms with Crippen molar-refractivity contribution >= 4 is 44.7 Å². The molecule has 2 heterocycles. The first-order valence-electron chi connectivity index (χ1n) is 8.98. The number of nitrogens with zero attached hydrogens (tertiary/aromatic N) is 2. The van der Waals surface area contributed by atoms with E-state index in [1.165, 1.54) is 18.5 Å². The fraction of sp³-hybridized carbons (Fsp3) is 0.238. The number of hydrogen-bond acceptors (Lipinski definition) is 4. The van der Waals surface area contributed by atoms with Crippen LogP contribution in [0.2, 0.25) is 0 Å². The Morgan fingerprint density at radius 1 is 1.19 bits per heavy atom. The Balaban J connectivity index is 1.44. The summed E-state index contributed by atoms with van der Waals surface area (Å²) in [6.45, 7) is 4.30. The molecule has 1 aliphatic rings. The number of fused-ring (bicyclic) bond motifs is 1. The summed E-state index contributed by atoms with van der Waals surface area (Å²) in [6, 6.07) is 13.6. The summed E-state index contributed by atoms with van der Waals surface area (Å²) >= 11 is 3.41. The molecule has 1 aromatic heterocycles. The van der Waals surface area contributed by atoms with E-state index in [9.17, 15) is 4.79 Å². The highest BCUT2D eigenvalue weighted by Gasteiger charge is 2.13. The predicted octanol–water partition coefficient (Wildman–Crippen LogP) is 4.87. The molecule has 3 aromatic rings. The van der Waals surface area contributed by atoms with Crippen molar-refractivity contribution in [2.45, 2.75) is 19.8 Å². The van der Waals surface area contributed by atoms with Crippen molar-refractivity contribution in [1.82, 2.24) is 5.43 Å². The van der Waals surface area contributed by atoms with E-state index in [0.29, 0.717) is 5.58 Å². The number of nitrogens with one attached hydrogen (secondary N) is 1. The van der Waals surface area contributed by atoms with E-state index in [2.05, 4.69) is 50.4 Å². The fourth-order valence-electron chi connectivity index (χ4n) is 3.32. The lowest BCUT2D eigenvalue weighted by Crippen LogP contribution is -2.18. The van der Waals surface area contributed by atoms with E-state index in [1.807, 2.05) is 24.3 Å². The van der Waals surface area contributed by atoms with Gasteiger partial charge in [-0.1, -0.05) is 22.0 Å². The van der Waals surface area contributed by atoms with Gasteiger partial charge in [0, 0.05) is 28.6 Å². The van der Waals surface area contributed by atoms with Crippen molar-refractivity contribution in [2.75, 3.05) is 18.0 Å². The molecule has 1 aliphatic heterocycles. The van der Waals surface area contributed by atoms with Crippen LogP contribution in [0, 0.1) is 6.92 Å². The number of rotatable bonds is 4. The van der Waals surface area contributed by atoms with Crippen molar-refractivity contribution in [3.63, 3.8) is 0 Å². The van der Waals surface area contributed by atoms with Crippen molar-refractivity contribution in [1.29, 1.82) is 0 Å². The van der Waals surface area contributed by atoms with Crippen LogP contribution in [0.5, 0.6) is 0 Å². The molecular weight excluding hydrogens is 406 g/mol. The lowest BCUT2D eigenvalue weighted by Gasteiger charge is -2.18. The van der Waals surface area contributed by atoms with Crippen molar-refractivity contribution in [2.24, 2.45) is 5.10 Å². The SMILES string of the molecule is Cc1cc(N2CCCC2)ccc1/C=N/NC(=O)c1cc2cc(Br)ccc2o1. The molecule has 0 spiro atoms. The molecule has 0 saturated carbocycles. The van der Waals surface area contributed by atoms with E-state index < -0.39 is 0 Å². The first-order chi connectivity index (χ1) is 13.1. The second-order valence-corrected chi connectivity index (χ2v) is 7.64. The smallest absolute Gasteiger partial charge is 0.307 e. The summed E-state index contributed by atoms with van der Waals surface area (Å²) in [5, 5.41) is 4.95. The third kappa shape index (κ3) is 3.90. The number of anilines is 1. The molecule has 4 rings (SSSR count). The molecule has 0 unspecified atom stereocenters. The molecule has 1 saturated heterocycles. The average molecular weight is 426 g/mol. The van der Waals surface area contributed by atoms with Crippen LogP contribution < -0.4 is 10.3 Å². The molecule has 138 valence electrons. The molecule has 6 heteroatoms. The van der Waals surface area contributed by atoms with E-state index in [0.717, 1.165) is 34.1 Å². The van der Waals surface area contributed by atoms with Crippen LogP contribution in [-0.2, 0) is 0 Å². The summed E-state index contributed by atoms with van der Waals surface area (Å²) < 4.78 is 6.51. The molecule has 0 bridgehead atoms. The van der Waals surface area contributed by atoms with E-state index in [-0.39, 0.29) is 11.7 Å². The monoisotopic (exact) mass is 425 g/mol. The van der Waals surface area contributed by atoms with Crippen molar-refractivity contribution in [3.8, 4) is 0 Å². The predicted molar refractivity (Wildman–Crippen MR) is 112 cm³/mol. The Morgan fingerprint density at radius 2 is 2.00 bits per heavy atom. The summed E-state index contributed by atoms with van der Waals surface area (Å²) in [6.07, 6.45) is 4.18. The van der Waals surface area contributed by atoms with Gasteiger partial charge in [0.1, 0.15) is 5.58 Å². The maximum absolute atomic E-state index is 12.3. The number of hydrogen-bond donors (Lipinski definition) is 1. The minimum atomic E-state index is -0.370. The normalized spacial score (nSPS) is 14.4. The van der Waals surface area contributed by atoms with Crippen LogP contribution in [0.3, 0.4) is 0 Å². The number of benzene rings is 2. The second-order valence-electron chi connectivity index (χ2n) is 6.73. The standard InChI is InChI=1S/C21H20BrN3O2/c1-14-10-18(25-8-2-3-9-25)6-4-15(14)13-23-24-21(26)20-12-16-11-17(22)5-7-19(16)27-20/h4-7,10-13H,2-3,8-9H2,1H3,(H,24,26)/b23-13+. The third-order valence-electron chi connectivity index (χ3n) is 4.80. The first-order valence-corrected chi connectivity index (χ1v) is 9.77. The quantitative estimate of drug-likeness (QED) is 0.479. The van der Waals surface area contributed by atoms with Gasteiger partial charge in [-0.15, -0.1) is 0 Å². The van der Waals surface area contributed by atoms with Crippen LogP contribution in [0.25, 0.3) is 11.0 Å². The Labute approximate surface area is 166 Å². The minimum Gasteiger partial charge on any atom is -0.451 e. The largest absolute Gasteiger partial charge is 0.451 e.